The molecule has 5 heteroatoms. The van der Waals surface area contributed by atoms with Gasteiger partial charge in [0.15, 0.2) is 0 Å². The third-order valence-electron chi connectivity index (χ3n) is 3.96. The van der Waals surface area contributed by atoms with E-state index in [4.69, 9.17) is 4.74 Å². The molecule has 0 saturated carbocycles. The molecule has 0 bridgehead atoms. The van der Waals surface area contributed by atoms with Crippen LogP contribution < -0.4 is 0 Å². The minimum atomic E-state index is 0.844. The monoisotopic (exact) mass is 349 g/mol. The Morgan fingerprint density at radius 3 is 2.57 bits per heavy atom. The molecule has 112 valence electrons. The van der Waals surface area contributed by atoms with Gasteiger partial charge in [-0.25, -0.2) is 0 Å². The molecule has 1 fully saturated rings. The maximum atomic E-state index is 5.38. The molecule has 0 aliphatic carbocycles. The van der Waals surface area contributed by atoms with Crippen molar-refractivity contribution in [1.29, 1.82) is 0 Å². The predicted molar refractivity (Wildman–Crippen MR) is 87.4 cm³/mol. The summed E-state index contributed by atoms with van der Waals surface area (Å²) in [6, 6.07) is 10.4. The Labute approximate surface area is 133 Å². The first-order valence-electron chi connectivity index (χ1n) is 7.34. The lowest BCUT2D eigenvalue weighted by atomic mass is 10.1. The number of ether oxygens (including phenoxy) is 1. The van der Waals surface area contributed by atoms with Crippen molar-refractivity contribution < 1.29 is 4.74 Å². The summed E-state index contributed by atoms with van der Waals surface area (Å²) >= 11 is 3.61. The number of rotatable bonds is 4. The Morgan fingerprint density at radius 1 is 1.14 bits per heavy atom. The number of aromatic nitrogens is 2. The van der Waals surface area contributed by atoms with E-state index >= 15 is 0 Å². The van der Waals surface area contributed by atoms with E-state index in [-0.39, 0.29) is 0 Å². The lowest BCUT2D eigenvalue weighted by Crippen LogP contribution is -2.38. The highest BCUT2D eigenvalue weighted by atomic mass is 79.9. The van der Waals surface area contributed by atoms with Crippen molar-refractivity contribution in [2.75, 3.05) is 32.8 Å². The van der Waals surface area contributed by atoms with Crippen LogP contribution in [0, 0.1) is 6.92 Å². The minimum Gasteiger partial charge on any atom is -0.379 e. The van der Waals surface area contributed by atoms with Gasteiger partial charge in [-0.15, -0.1) is 0 Å². The first-order valence-corrected chi connectivity index (χ1v) is 8.13. The van der Waals surface area contributed by atoms with E-state index < -0.39 is 0 Å². The average molecular weight is 350 g/mol. The fourth-order valence-corrected chi connectivity index (χ4v) is 3.43. The number of benzene rings is 1. The van der Waals surface area contributed by atoms with Crippen molar-refractivity contribution in [2.24, 2.45) is 0 Å². The molecule has 1 aliphatic heterocycles. The SMILES string of the molecule is Cc1c(-c2ccccc2)c(Br)nn1CCN1CCOCC1. The molecule has 0 N–H and O–H groups in total. The second-order valence-electron chi connectivity index (χ2n) is 5.29. The summed E-state index contributed by atoms with van der Waals surface area (Å²) < 4.78 is 8.41. The summed E-state index contributed by atoms with van der Waals surface area (Å²) in [6.45, 7) is 7.80. The highest BCUT2D eigenvalue weighted by Crippen LogP contribution is 2.30. The van der Waals surface area contributed by atoms with Gasteiger partial charge >= 0.3 is 0 Å². The van der Waals surface area contributed by atoms with Crippen LogP contribution in [0.25, 0.3) is 11.1 Å². The van der Waals surface area contributed by atoms with Gasteiger partial charge in [0.05, 0.1) is 19.8 Å². The van der Waals surface area contributed by atoms with Crippen LogP contribution in [0.3, 0.4) is 0 Å². The van der Waals surface area contributed by atoms with Crippen LogP contribution in [0.1, 0.15) is 5.69 Å². The molecule has 3 rings (SSSR count). The number of hydrogen-bond acceptors (Lipinski definition) is 3. The van der Waals surface area contributed by atoms with Gasteiger partial charge in [0, 0.05) is 30.9 Å². The zero-order valence-corrected chi connectivity index (χ0v) is 13.8. The molecule has 0 spiro atoms. The molecule has 0 atom stereocenters. The highest BCUT2D eigenvalue weighted by Gasteiger charge is 2.16. The van der Waals surface area contributed by atoms with E-state index in [9.17, 15) is 0 Å². The van der Waals surface area contributed by atoms with Crippen molar-refractivity contribution in [3.63, 3.8) is 0 Å². The predicted octanol–water partition coefficient (Wildman–Crippen LogP) is 2.95. The van der Waals surface area contributed by atoms with Gasteiger partial charge in [-0.1, -0.05) is 30.3 Å². The summed E-state index contributed by atoms with van der Waals surface area (Å²) in [5.74, 6) is 0. The van der Waals surface area contributed by atoms with Crippen LogP contribution in [0.15, 0.2) is 34.9 Å². The highest BCUT2D eigenvalue weighted by molar-refractivity contribution is 9.10. The Bertz CT molecular complexity index is 591. The van der Waals surface area contributed by atoms with Crippen LogP contribution in [0.4, 0.5) is 0 Å². The number of hydrogen-bond donors (Lipinski definition) is 0. The fraction of sp³-hybridized carbons (Fsp3) is 0.438. The van der Waals surface area contributed by atoms with Gasteiger partial charge in [0.1, 0.15) is 4.60 Å². The van der Waals surface area contributed by atoms with E-state index in [1.54, 1.807) is 0 Å². The first kappa shape index (κ1) is 14.8. The van der Waals surface area contributed by atoms with E-state index in [0.29, 0.717) is 0 Å². The van der Waals surface area contributed by atoms with Crippen LogP contribution in [0.5, 0.6) is 0 Å². The second kappa shape index (κ2) is 6.73. The largest absolute Gasteiger partial charge is 0.379 e. The molecule has 1 aromatic carbocycles. The van der Waals surface area contributed by atoms with Crippen molar-refractivity contribution in [3.05, 3.63) is 40.6 Å². The van der Waals surface area contributed by atoms with E-state index in [1.807, 2.05) is 6.07 Å². The van der Waals surface area contributed by atoms with E-state index in [0.717, 1.165) is 44.0 Å². The number of nitrogens with zero attached hydrogens (tertiary/aromatic N) is 3. The van der Waals surface area contributed by atoms with Gasteiger partial charge in [0.2, 0.25) is 0 Å². The molecule has 0 unspecified atom stereocenters. The Hall–Kier alpha value is -1.17. The molecular weight excluding hydrogens is 330 g/mol. The molecule has 1 saturated heterocycles. The van der Waals surface area contributed by atoms with Crippen molar-refractivity contribution in [1.82, 2.24) is 14.7 Å². The molecule has 4 nitrogen and oxygen atoms in total. The summed E-state index contributed by atoms with van der Waals surface area (Å²) in [5, 5.41) is 4.65. The zero-order chi connectivity index (χ0) is 14.7. The van der Waals surface area contributed by atoms with E-state index in [1.165, 1.54) is 16.8 Å². The van der Waals surface area contributed by atoms with Gasteiger partial charge in [0.25, 0.3) is 0 Å². The van der Waals surface area contributed by atoms with Gasteiger partial charge in [-0.05, 0) is 28.4 Å². The second-order valence-corrected chi connectivity index (χ2v) is 6.05. The molecule has 1 aliphatic rings. The van der Waals surface area contributed by atoms with Crippen molar-refractivity contribution in [2.45, 2.75) is 13.5 Å². The summed E-state index contributed by atoms with van der Waals surface area (Å²) in [7, 11) is 0. The van der Waals surface area contributed by atoms with Crippen LogP contribution in [0.2, 0.25) is 0 Å². The molecule has 2 aromatic rings. The fourth-order valence-electron chi connectivity index (χ4n) is 2.72. The van der Waals surface area contributed by atoms with Crippen molar-refractivity contribution in [3.8, 4) is 11.1 Å². The summed E-state index contributed by atoms with van der Waals surface area (Å²) in [5.41, 5.74) is 3.61. The number of halogens is 1. The standard InChI is InChI=1S/C16H20BrN3O/c1-13-15(14-5-3-2-4-6-14)16(17)18-20(13)8-7-19-9-11-21-12-10-19/h2-6H,7-12H2,1H3. The Balaban J connectivity index is 1.75. The zero-order valence-electron chi connectivity index (χ0n) is 12.3. The molecule has 21 heavy (non-hydrogen) atoms. The molecule has 1 aromatic heterocycles. The van der Waals surface area contributed by atoms with Crippen molar-refractivity contribution >= 4 is 15.9 Å². The lowest BCUT2D eigenvalue weighted by molar-refractivity contribution is 0.0359. The maximum Gasteiger partial charge on any atom is 0.136 e. The Kier molecular flexibility index (Phi) is 4.73. The molecule has 0 amide bonds. The van der Waals surface area contributed by atoms with Crippen LogP contribution in [-0.2, 0) is 11.3 Å². The average Bonchev–Trinajstić information content (AvgIpc) is 2.81. The lowest BCUT2D eigenvalue weighted by Gasteiger charge is -2.26. The smallest absolute Gasteiger partial charge is 0.136 e. The topological polar surface area (TPSA) is 30.3 Å². The first-order chi connectivity index (χ1) is 10.3. The summed E-state index contributed by atoms with van der Waals surface area (Å²) in [6.07, 6.45) is 0. The van der Waals surface area contributed by atoms with Gasteiger partial charge < -0.3 is 4.74 Å². The van der Waals surface area contributed by atoms with Crippen LogP contribution >= 0.6 is 15.9 Å². The third-order valence-corrected chi connectivity index (χ3v) is 4.51. The molecular formula is C16H20BrN3O. The summed E-state index contributed by atoms with van der Waals surface area (Å²) in [4.78, 5) is 2.43. The van der Waals surface area contributed by atoms with Gasteiger partial charge in [-0.3, -0.25) is 9.58 Å². The molecule has 2 heterocycles. The number of morpholine rings is 1. The molecule has 0 radical (unpaired) electrons. The third kappa shape index (κ3) is 3.36. The van der Waals surface area contributed by atoms with Crippen LogP contribution in [-0.4, -0.2) is 47.5 Å². The Morgan fingerprint density at radius 2 is 1.86 bits per heavy atom. The minimum absolute atomic E-state index is 0.844. The maximum absolute atomic E-state index is 5.38. The van der Waals surface area contributed by atoms with Gasteiger partial charge in [-0.2, -0.15) is 5.10 Å². The normalized spacial score (nSPS) is 16.3. The quantitative estimate of drug-likeness (QED) is 0.849. The van der Waals surface area contributed by atoms with E-state index in [2.05, 4.69) is 61.8 Å².